The quantitative estimate of drug-likeness (QED) is 0.634. The van der Waals surface area contributed by atoms with Crippen molar-refractivity contribution in [3.8, 4) is 5.69 Å². The molecule has 1 aliphatic carbocycles. The minimum Gasteiger partial charge on any atom is -0.295 e. The van der Waals surface area contributed by atoms with Gasteiger partial charge in [-0.25, -0.2) is 13.1 Å². The van der Waals surface area contributed by atoms with E-state index < -0.39 is 10.0 Å². The number of rotatable bonds is 5. The van der Waals surface area contributed by atoms with E-state index in [0.717, 1.165) is 43.9 Å². The van der Waals surface area contributed by atoms with Crippen molar-refractivity contribution in [1.29, 1.82) is 0 Å². The lowest BCUT2D eigenvalue weighted by Crippen LogP contribution is -2.48. The van der Waals surface area contributed by atoms with Gasteiger partial charge < -0.3 is 0 Å². The minimum absolute atomic E-state index is 0.373. The van der Waals surface area contributed by atoms with Crippen molar-refractivity contribution in [2.75, 3.05) is 26.2 Å². The van der Waals surface area contributed by atoms with E-state index in [-0.39, 0.29) is 0 Å². The van der Waals surface area contributed by atoms with Crippen LogP contribution in [0, 0.1) is 0 Å². The predicted octanol–water partition coefficient (Wildman–Crippen LogP) is 2.87. The third-order valence-electron chi connectivity index (χ3n) is 6.10. The van der Waals surface area contributed by atoms with Crippen LogP contribution in [0.4, 0.5) is 0 Å². The fraction of sp³-hybridized carbons (Fsp3) is 0.348. The molecule has 0 saturated carbocycles. The van der Waals surface area contributed by atoms with Crippen LogP contribution in [0.5, 0.6) is 0 Å². The fourth-order valence-electron chi connectivity index (χ4n) is 4.50. The standard InChI is InChI=1S/C23H26N4O2S/c28-30(29,20-10-5-2-6-11-20)26-16-14-25(15-17-26)18-22-21-12-7-13-23(21)27(24-22)19-8-3-1-4-9-19/h1-6,8-11H,7,12-18H2. The molecule has 1 aromatic heterocycles. The molecule has 3 aromatic rings. The van der Waals surface area contributed by atoms with E-state index in [0.29, 0.717) is 18.0 Å². The van der Waals surface area contributed by atoms with Crippen molar-refractivity contribution in [3.05, 3.63) is 77.6 Å². The minimum atomic E-state index is -3.41. The Morgan fingerprint density at radius 1 is 0.833 bits per heavy atom. The highest BCUT2D eigenvalue weighted by molar-refractivity contribution is 7.89. The number of hydrogen-bond acceptors (Lipinski definition) is 4. The Hall–Kier alpha value is -2.48. The predicted molar refractivity (Wildman–Crippen MR) is 116 cm³/mol. The second-order valence-electron chi connectivity index (χ2n) is 7.97. The maximum atomic E-state index is 12.9. The van der Waals surface area contributed by atoms with Crippen molar-refractivity contribution >= 4 is 10.0 Å². The van der Waals surface area contributed by atoms with E-state index in [4.69, 9.17) is 5.10 Å². The Balaban J connectivity index is 1.30. The zero-order valence-electron chi connectivity index (χ0n) is 16.9. The SMILES string of the molecule is O=S(=O)(c1ccccc1)N1CCN(Cc2nn(-c3ccccc3)c3c2CCC3)CC1. The topological polar surface area (TPSA) is 58.4 Å². The molecule has 1 fully saturated rings. The third-order valence-corrected chi connectivity index (χ3v) is 8.01. The van der Waals surface area contributed by atoms with Gasteiger partial charge in [0.2, 0.25) is 10.0 Å². The monoisotopic (exact) mass is 422 g/mol. The molecule has 0 atom stereocenters. The van der Waals surface area contributed by atoms with E-state index in [2.05, 4.69) is 21.7 Å². The summed E-state index contributed by atoms with van der Waals surface area (Å²) in [6, 6.07) is 19.0. The van der Waals surface area contributed by atoms with Gasteiger partial charge in [-0.15, -0.1) is 0 Å². The number of hydrogen-bond donors (Lipinski definition) is 0. The van der Waals surface area contributed by atoms with Gasteiger partial charge in [0, 0.05) is 38.4 Å². The molecule has 2 aromatic carbocycles. The van der Waals surface area contributed by atoms with Crippen LogP contribution in [-0.2, 0) is 29.4 Å². The van der Waals surface area contributed by atoms with Crippen LogP contribution < -0.4 is 0 Å². The molecule has 0 amide bonds. The number of piperazine rings is 1. The number of aromatic nitrogens is 2. The highest BCUT2D eigenvalue weighted by Gasteiger charge is 2.30. The molecular weight excluding hydrogens is 396 g/mol. The summed E-state index contributed by atoms with van der Waals surface area (Å²) in [7, 11) is -3.41. The van der Waals surface area contributed by atoms with Crippen LogP contribution in [-0.4, -0.2) is 53.6 Å². The molecule has 7 heteroatoms. The summed E-state index contributed by atoms with van der Waals surface area (Å²) in [4.78, 5) is 2.70. The van der Waals surface area contributed by atoms with E-state index in [9.17, 15) is 8.42 Å². The molecule has 2 heterocycles. The number of sulfonamides is 1. The van der Waals surface area contributed by atoms with Crippen molar-refractivity contribution in [2.45, 2.75) is 30.7 Å². The average Bonchev–Trinajstić information content (AvgIpc) is 3.39. The Kier molecular flexibility index (Phi) is 5.18. The molecule has 0 radical (unpaired) electrons. The summed E-state index contributed by atoms with van der Waals surface area (Å²) >= 11 is 0. The average molecular weight is 423 g/mol. The van der Waals surface area contributed by atoms with Crippen LogP contribution in [0.3, 0.4) is 0 Å². The molecule has 0 unspecified atom stereocenters. The largest absolute Gasteiger partial charge is 0.295 e. The van der Waals surface area contributed by atoms with E-state index in [1.807, 2.05) is 24.3 Å². The Morgan fingerprint density at radius 2 is 1.50 bits per heavy atom. The first kappa shape index (κ1) is 19.5. The number of benzene rings is 2. The first-order valence-corrected chi connectivity index (χ1v) is 12.0. The normalized spacial score (nSPS) is 17.9. The van der Waals surface area contributed by atoms with Gasteiger partial charge in [0.05, 0.1) is 16.3 Å². The molecule has 30 heavy (non-hydrogen) atoms. The summed E-state index contributed by atoms with van der Waals surface area (Å²) in [6.45, 7) is 3.25. The van der Waals surface area contributed by atoms with E-state index >= 15 is 0 Å². The maximum absolute atomic E-state index is 12.9. The van der Waals surface area contributed by atoms with Gasteiger partial charge in [-0.1, -0.05) is 36.4 Å². The van der Waals surface area contributed by atoms with Gasteiger partial charge in [-0.05, 0) is 49.1 Å². The lowest BCUT2D eigenvalue weighted by molar-refractivity contribution is 0.179. The van der Waals surface area contributed by atoms with Gasteiger partial charge >= 0.3 is 0 Å². The van der Waals surface area contributed by atoms with Crippen LogP contribution in [0.2, 0.25) is 0 Å². The van der Waals surface area contributed by atoms with E-state index in [1.54, 1.807) is 28.6 Å². The Labute approximate surface area is 177 Å². The molecule has 0 bridgehead atoms. The lowest BCUT2D eigenvalue weighted by Gasteiger charge is -2.33. The zero-order valence-corrected chi connectivity index (χ0v) is 17.8. The third kappa shape index (κ3) is 3.57. The van der Waals surface area contributed by atoms with Crippen molar-refractivity contribution in [2.24, 2.45) is 0 Å². The Morgan fingerprint density at radius 3 is 2.20 bits per heavy atom. The number of para-hydroxylation sites is 1. The number of nitrogens with zero attached hydrogens (tertiary/aromatic N) is 4. The summed E-state index contributed by atoms with van der Waals surface area (Å²) in [5, 5.41) is 4.95. The summed E-state index contributed by atoms with van der Waals surface area (Å²) in [5.74, 6) is 0. The van der Waals surface area contributed by atoms with Crippen LogP contribution in [0.1, 0.15) is 23.4 Å². The molecule has 1 aliphatic heterocycles. The van der Waals surface area contributed by atoms with Crippen LogP contribution >= 0.6 is 0 Å². The first-order chi connectivity index (χ1) is 14.6. The summed E-state index contributed by atoms with van der Waals surface area (Å²) < 4.78 is 29.4. The van der Waals surface area contributed by atoms with Crippen molar-refractivity contribution < 1.29 is 8.42 Å². The maximum Gasteiger partial charge on any atom is 0.243 e. The van der Waals surface area contributed by atoms with Gasteiger partial charge in [0.1, 0.15) is 0 Å². The zero-order chi connectivity index (χ0) is 20.6. The molecular formula is C23H26N4O2S. The molecule has 0 spiro atoms. The lowest BCUT2D eigenvalue weighted by atomic mass is 10.2. The first-order valence-electron chi connectivity index (χ1n) is 10.6. The molecule has 5 rings (SSSR count). The molecule has 6 nitrogen and oxygen atoms in total. The van der Waals surface area contributed by atoms with Crippen molar-refractivity contribution in [1.82, 2.24) is 19.0 Å². The van der Waals surface area contributed by atoms with Gasteiger partial charge in [0.25, 0.3) is 0 Å². The van der Waals surface area contributed by atoms with Gasteiger partial charge in [-0.2, -0.15) is 9.40 Å². The Bertz CT molecular complexity index is 1120. The smallest absolute Gasteiger partial charge is 0.243 e. The highest BCUT2D eigenvalue weighted by Crippen LogP contribution is 2.29. The molecule has 0 N–H and O–H groups in total. The van der Waals surface area contributed by atoms with Crippen LogP contribution in [0.25, 0.3) is 5.69 Å². The van der Waals surface area contributed by atoms with Gasteiger partial charge in [0.15, 0.2) is 0 Å². The molecule has 2 aliphatic rings. The number of fused-ring (bicyclic) bond motifs is 1. The highest BCUT2D eigenvalue weighted by atomic mass is 32.2. The van der Waals surface area contributed by atoms with E-state index in [1.165, 1.54) is 17.7 Å². The summed E-state index contributed by atoms with van der Waals surface area (Å²) in [5.41, 5.74) is 4.98. The molecule has 1 saturated heterocycles. The fourth-order valence-corrected chi connectivity index (χ4v) is 5.95. The second kappa shape index (κ2) is 7.98. The summed E-state index contributed by atoms with van der Waals surface area (Å²) in [6.07, 6.45) is 3.33. The van der Waals surface area contributed by atoms with Gasteiger partial charge in [-0.3, -0.25) is 4.90 Å². The van der Waals surface area contributed by atoms with Crippen molar-refractivity contribution in [3.63, 3.8) is 0 Å². The molecule has 156 valence electrons. The van der Waals surface area contributed by atoms with Crippen LogP contribution in [0.15, 0.2) is 65.6 Å². The second-order valence-corrected chi connectivity index (χ2v) is 9.90.